The predicted octanol–water partition coefficient (Wildman–Crippen LogP) is 5.42. The van der Waals surface area contributed by atoms with Crippen LogP contribution in [0.2, 0.25) is 0 Å². The third-order valence-electron chi connectivity index (χ3n) is 13.4. The minimum Gasteiger partial charge on any atom is -0.385 e. The van der Waals surface area contributed by atoms with E-state index in [1.165, 1.54) is 12.1 Å². The van der Waals surface area contributed by atoms with Crippen LogP contribution in [0.3, 0.4) is 0 Å². The van der Waals surface area contributed by atoms with Gasteiger partial charge in [-0.2, -0.15) is 5.10 Å². The predicted molar refractivity (Wildman–Crippen MR) is 249 cm³/mol. The number of amides is 5. The van der Waals surface area contributed by atoms with Crippen molar-refractivity contribution in [1.82, 2.24) is 45.1 Å². The van der Waals surface area contributed by atoms with E-state index in [4.69, 9.17) is 9.72 Å². The number of hydrogen-bond acceptors (Lipinski definition) is 12. The van der Waals surface area contributed by atoms with Crippen molar-refractivity contribution in [2.75, 3.05) is 64.3 Å². The summed E-state index contributed by atoms with van der Waals surface area (Å²) in [5, 5.41) is 13.4. The molecule has 1 unspecified atom stereocenters. The number of aromatic nitrogens is 4. The fraction of sp³-hybridized carbons (Fsp3) is 0.440. The molecule has 4 aliphatic heterocycles. The zero-order valence-corrected chi connectivity index (χ0v) is 38.0. The highest BCUT2D eigenvalue weighted by molar-refractivity contribution is 6.14. The molecule has 0 bridgehead atoms. The number of carbonyl (C=O) groups excluding carboxylic acids is 5. The summed E-state index contributed by atoms with van der Waals surface area (Å²) < 4.78 is 38.2. The Kier molecular flexibility index (Phi) is 14.5. The van der Waals surface area contributed by atoms with Crippen molar-refractivity contribution in [2.24, 2.45) is 0 Å². The summed E-state index contributed by atoms with van der Waals surface area (Å²) in [5.41, 5.74) is 5.33. The van der Waals surface area contributed by atoms with E-state index in [2.05, 4.69) is 30.9 Å². The van der Waals surface area contributed by atoms with Crippen LogP contribution in [0.4, 0.5) is 14.5 Å². The SMILES string of the molecule is O=C(CN1CCC(n2cc(-c3cnc4cccc(-c5cc(F)c(CN6CCOCC6)c(F)c5)c4n3)cn2)CC1)NCCCCCCCNc1cccc2c1CC(=O)N(C1CCC(=O)NC1=O)C2=O. The molecule has 3 fully saturated rings. The second-order valence-corrected chi connectivity index (χ2v) is 18.0. The normalized spacial score (nSPS) is 18.5. The van der Waals surface area contributed by atoms with E-state index in [0.29, 0.717) is 84.9 Å². The Balaban J connectivity index is 0.680. The van der Waals surface area contributed by atoms with Crippen LogP contribution in [-0.4, -0.2) is 129 Å². The van der Waals surface area contributed by atoms with Gasteiger partial charge < -0.3 is 15.4 Å². The lowest BCUT2D eigenvalue weighted by Gasteiger charge is -2.35. The molecule has 0 spiro atoms. The first-order valence-electron chi connectivity index (χ1n) is 23.7. The summed E-state index contributed by atoms with van der Waals surface area (Å²) in [5.74, 6) is -3.16. The molecule has 1 atom stereocenters. The summed E-state index contributed by atoms with van der Waals surface area (Å²) in [6, 6.07) is 12.7. The van der Waals surface area contributed by atoms with E-state index in [1.807, 2.05) is 34.0 Å². The Morgan fingerprint density at radius 3 is 2.34 bits per heavy atom. The number of imide groups is 2. The lowest BCUT2D eigenvalue weighted by molar-refractivity contribution is -0.143. The number of nitrogens with one attached hydrogen (secondary N) is 3. The average Bonchev–Trinajstić information content (AvgIpc) is 3.84. The number of morpholine rings is 1. The highest BCUT2D eigenvalue weighted by Gasteiger charge is 2.42. The van der Waals surface area contributed by atoms with Gasteiger partial charge in [-0.3, -0.25) is 53.7 Å². The van der Waals surface area contributed by atoms with Gasteiger partial charge in [-0.25, -0.2) is 13.8 Å². The van der Waals surface area contributed by atoms with Crippen molar-refractivity contribution in [3.8, 4) is 22.4 Å². The fourth-order valence-corrected chi connectivity index (χ4v) is 9.67. The van der Waals surface area contributed by atoms with Crippen molar-refractivity contribution >= 4 is 46.3 Å². The standard InChI is InChI=1S/C50H56F2N10O6/c51-39-24-32(25-40(52)38(39)30-60-20-22-68-23-21-60)35-8-6-11-42-48(35)57-43(28-55-42)33-27-56-61(29-33)34-14-18-59(19-15-34)31-46(64)54-17-5-3-1-2-4-16-53-41-10-7-9-36-37(41)26-47(65)62(50(36)67)44-12-13-45(63)58-49(44)66/h6-11,24-25,27-29,34,44,53H,1-5,12-23,26,30-31H2,(H,54,64)(H,58,63,66). The first-order chi connectivity index (χ1) is 33.1. The number of likely N-dealkylation sites (tertiary alicyclic amines) is 1. The van der Waals surface area contributed by atoms with E-state index in [-0.39, 0.29) is 43.3 Å². The molecule has 356 valence electrons. The number of rotatable bonds is 17. The maximum Gasteiger partial charge on any atom is 0.261 e. The maximum absolute atomic E-state index is 15.4. The van der Waals surface area contributed by atoms with Gasteiger partial charge in [0.05, 0.1) is 61.3 Å². The summed E-state index contributed by atoms with van der Waals surface area (Å²) >= 11 is 0. The Labute approximate surface area is 392 Å². The molecule has 5 amide bonds. The minimum absolute atomic E-state index is 0.00386. The molecule has 68 heavy (non-hydrogen) atoms. The van der Waals surface area contributed by atoms with E-state index in [0.717, 1.165) is 74.2 Å². The highest BCUT2D eigenvalue weighted by Crippen LogP contribution is 2.33. The van der Waals surface area contributed by atoms with Gasteiger partial charge in [0, 0.05) is 86.4 Å². The van der Waals surface area contributed by atoms with Crippen molar-refractivity contribution in [1.29, 1.82) is 0 Å². The van der Waals surface area contributed by atoms with Crippen LogP contribution < -0.4 is 16.0 Å². The van der Waals surface area contributed by atoms with Gasteiger partial charge in [0.15, 0.2) is 0 Å². The molecule has 3 saturated heterocycles. The molecule has 0 aliphatic carbocycles. The molecule has 16 nitrogen and oxygen atoms in total. The number of halogens is 2. The number of ether oxygens (including phenoxy) is 1. The van der Waals surface area contributed by atoms with Gasteiger partial charge in [0.1, 0.15) is 17.7 Å². The molecule has 2 aromatic heterocycles. The molecule has 9 rings (SSSR count). The Morgan fingerprint density at radius 1 is 0.824 bits per heavy atom. The Morgan fingerprint density at radius 2 is 1.56 bits per heavy atom. The first-order valence-corrected chi connectivity index (χ1v) is 23.7. The van der Waals surface area contributed by atoms with Crippen LogP contribution in [0.1, 0.15) is 85.3 Å². The fourth-order valence-electron chi connectivity index (χ4n) is 9.67. The smallest absolute Gasteiger partial charge is 0.261 e. The van der Waals surface area contributed by atoms with E-state index in [9.17, 15) is 24.0 Å². The van der Waals surface area contributed by atoms with E-state index >= 15 is 8.78 Å². The average molecular weight is 931 g/mol. The molecule has 5 aromatic rings. The molecule has 18 heteroatoms. The second-order valence-electron chi connectivity index (χ2n) is 18.0. The number of benzene rings is 3. The number of carbonyl (C=O) groups is 5. The number of para-hydroxylation sites is 1. The molecule has 6 heterocycles. The van der Waals surface area contributed by atoms with Gasteiger partial charge in [0.25, 0.3) is 5.91 Å². The minimum atomic E-state index is -0.980. The molecular formula is C50H56F2N10O6. The topological polar surface area (TPSA) is 184 Å². The number of piperidine rings is 2. The number of nitrogens with zero attached hydrogens (tertiary/aromatic N) is 7. The van der Waals surface area contributed by atoms with Crippen LogP contribution in [-0.2, 0) is 36.9 Å². The van der Waals surface area contributed by atoms with Crippen LogP contribution >= 0.6 is 0 Å². The summed E-state index contributed by atoms with van der Waals surface area (Å²) in [6.45, 7) is 5.69. The van der Waals surface area contributed by atoms with Crippen LogP contribution in [0, 0.1) is 11.6 Å². The third kappa shape index (κ3) is 10.6. The van der Waals surface area contributed by atoms with Crippen molar-refractivity contribution in [3.05, 3.63) is 95.4 Å². The van der Waals surface area contributed by atoms with Crippen LogP contribution in [0.5, 0.6) is 0 Å². The second kappa shape index (κ2) is 21.2. The molecule has 0 saturated carbocycles. The number of fused-ring (bicyclic) bond motifs is 2. The maximum atomic E-state index is 15.4. The van der Waals surface area contributed by atoms with Gasteiger partial charge in [-0.15, -0.1) is 0 Å². The van der Waals surface area contributed by atoms with Gasteiger partial charge >= 0.3 is 0 Å². The monoisotopic (exact) mass is 930 g/mol. The van der Waals surface area contributed by atoms with Crippen molar-refractivity contribution < 1.29 is 37.5 Å². The van der Waals surface area contributed by atoms with Crippen LogP contribution in [0.25, 0.3) is 33.4 Å². The highest BCUT2D eigenvalue weighted by atomic mass is 19.1. The van der Waals surface area contributed by atoms with Gasteiger partial charge in [-0.1, -0.05) is 37.5 Å². The zero-order valence-electron chi connectivity index (χ0n) is 38.0. The number of unbranched alkanes of at least 4 members (excludes halogenated alkanes) is 4. The Bertz CT molecular complexity index is 2680. The lowest BCUT2D eigenvalue weighted by atomic mass is 9.93. The largest absolute Gasteiger partial charge is 0.385 e. The molecular weight excluding hydrogens is 875 g/mol. The quantitative estimate of drug-likeness (QED) is 0.0797. The Hall–Kier alpha value is -6.50. The zero-order chi connectivity index (χ0) is 47.1. The van der Waals surface area contributed by atoms with Gasteiger partial charge in [0.2, 0.25) is 23.6 Å². The lowest BCUT2D eigenvalue weighted by Crippen LogP contribution is -2.58. The summed E-state index contributed by atoms with van der Waals surface area (Å²) in [6.07, 6.45) is 12.0. The van der Waals surface area contributed by atoms with Crippen molar-refractivity contribution in [3.63, 3.8) is 0 Å². The summed E-state index contributed by atoms with van der Waals surface area (Å²) in [7, 11) is 0. The third-order valence-corrected chi connectivity index (χ3v) is 13.4. The molecule has 0 radical (unpaired) electrons. The molecule has 4 aliphatic rings. The van der Waals surface area contributed by atoms with Crippen molar-refractivity contribution in [2.45, 2.75) is 82.8 Å². The van der Waals surface area contributed by atoms with E-state index < -0.39 is 41.3 Å². The molecule has 3 N–H and O–H groups in total. The van der Waals surface area contributed by atoms with E-state index in [1.54, 1.807) is 30.6 Å². The summed E-state index contributed by atoms with van der Waals surface area (Å²) in [4.78, 5) is 77.9. The van der Waals surface area contributed by atoms with Gasteiger partial charge in [-0.05, 0) is 73.6 Å². The van der Waals surface area contributed by atoms with Crippen LogP contribution in [0.15, 0.2) is 67.1 Å². The molecule has 3 aromatic carbocycles. The number of anilines is 1. The number of hydrogen-bond donors (Lipinski definition) is 3. The first kappa shape index (κ1) is 46.6.